The first kappa shape index (κ1) is 28.0. The van der Waals surface area contributed by atoms with E-state index in [1.54, 1.807) is 18.9 Å². The number of ether oxygens (including phenoxy) is 1. The zero-order chi connectivity index (χ0) is 24.3. The maximum atomic E-state index is 11.6. The van der Waals surface area contributed by atoms with Gasteiger partial charge in [0.05, 0.1) is 24.9 Å². The summed E-state index contributed by atoms with van der Waals surface area (Å²) < 4.78 is 5.26. The molecule has 1 fully saturated rings. The van der Waals surface area contributed by atoms with Gasteiger partial charge in [-0.3, -0.25) is 4.79 Å². The van der Waals surface area contributed by atoms with Gasteiger partial charge in [-0.2, -0.15) is 11.8 Å². The van der Waals surface area contributed by atoms with E-state index in [1.165, 1.54) is 0 Å². The maximum Gasteiger partial charge on any atom is 0.303 e. The highest BCUT2D eigenvalue weighted by molar-refractivity contribution is 8.00. The number of carboxylic acids is 1. The van der Waals surface area contributed by atoms with E-state index in [0.717, 1.165) is 56.3 Å². The molecular weight excluding hydrogens is 440 g/mol. The van der Waals surface area contributed by atoms with Crippen LogP contribution in [0.25, 0.3) is 0 Å². The molecule has 0 bridgehead atoms. The van der Waals surface area contributed by atoms with Crippen molar-refractivity contribution >= 4 is 17.7 Å². The van der Waals surface area contributed by atoms with Crippen LogP contribution in [0.5, 0.6) is 5.75 Å². The van der Waals surface area contributed by atoms with Crippen molar-refractivity contribution in [1.82, 2.24) is 0 Å². The monoisotopic (exact) mass is 482 g/mol. The maximum absolute atomic E-state index is 11.6. The molecule has 0 aromatic heterocycles. The van der Waals surface area contributed by atoms with Gasteiger partial charge in [-0.1, -0.05) is 57.6 Å². The molecule has 5 atom stereocenters. The molecule has 1 saturated carbocycles. The summed E-state index contributed by atoms with van der Waals surface area (Å²) in [5.74, 6) is 0.441. The Morgan fingerprint density at radius 3 is 2.39 bits per heavy atom. The number of aliphatic hydroxyl groups excluding tert-OH is 2. The van der Waals surface area contributed by atoms with Gasteiger partial charge < -0.3 is 25.2 Å². The van der Waals surface area contributed by atoms with Crippen LogP contribution in [0, 0.1) is 5.92 Å². The fourth-order valence-corrected chi connectivity index (χ4v) is 6.44. The molecule has 0 heterocycles. The number of hydrogen-bond donors (Lipinski definition) is 4. The van der Waals surface area contributed by atoms with Crippen LogP contribution in [-0.2, 0) is 10.4 Å². The lowest BCUT2D eigenvalue weighted by atomic mass is 9.90. The predicted octanol–water partition coefficient (Wildman–Crippen LogP) is 4.73. The summed E-state index contributed by atoms with van der Waals surface area (Å²) in [6.07, 6.45) is 7.34. The van der Waals surface area contributed by atoms with Gasteiger partial charge in [-0.05, 0) is 42.9 Å². The Balaban J connectivity index is 1.99. The predicted molar refractivity (Wildman–Crippen MR) is 133 cm³/mol. The Labute approximate surface area is 202 Å². The third-order valence-electron chi connectivity index (χ3n) is 6.79. The second kappa shape index (κ2) is 14.2. The van der Waals surface area contributed by atoms with Crippen molar-refractivity contribution in [3.63, 3.8) is 0 Å². The third kappa shape index (κ3) is 8.78. The van der Waals surface area contributed by atoms with E-state index >= 15 is 0 Å². The zero-order valence-corrected chi connectivity index (χ0v) is 20.9. The largest absolute Gasteiger partial charge is 0.497 e. The Morgan fingerprint density at radius 1 is 1.06 bits per heavy atom. The molecule has 1 aromatic rings. The van der Waals surface area contributed by atoms with E-state index in [2.05, 4.69) is 6.92 Å². The Bertz CT molecular complexity index is 697. The van der Waals surface area contributed by atoms with Crippen LogP contribution in [0.4, 0.5) is 0 Å². The van der Waals surface area contributed by atoms with Crippen LogP contribution in [0.1, 0.15) is 83.1 Å². The molecule has 0 radical (unpaired) electrons. The van der Waals surface area contributed by atoms with E-state index < -0.39 is 23.8 Å². The van der Waals surface area contributed by atoms with Gasteiger partial charge in [-0.15, -0.1) is 0 Å². The van der Waals surface area contributed by atoms with Crippen molar-refractivity contribution < 1.29 is 30.0 Å². The third-order valence-corrected chi connectivity index (χ3v) is 8.49. The second-order valence-corrected chi connectivity index (χ2v) is 10.5. The van der Waals surface area contributed by atoms with Crippen molar-refractivity contribution in [2.24, 2.45) is 5.92 Å². The van der Waals surface area contributed by atoms with Crippen LogP contribution in [-0.4, -0.2) is 56.7 Å². The molecule has 33 heavy (non-hydrogen) atoms. The summed E-state index contributed by atoms with van der Waals surface area (Å²) in [5.41, 5.74) is -0.143. The van der Waals surface area contributed by atoms with Crippen LogP contribution >= 0.6 is 11.8 Å². The molecule has 0 amide bonds. The van der Waals surface area contributed by atoms with Crippen LogP contribution in [0.3, 0.4) is 0 Å². The summed E-state index contributed by atoms with van der Waals surface area (Å²) in [6, 6.07) is 7.57. The normalized spacial score (nSPS) is 24.5. The first-order valence-corrected chi connectivity index (χ1v) is 13.4. The summed E-state index contributed by atoms with van der Waals surface area (Å²) in [4.78, 5) is 10.6. The summed E-state index contributed by atoms with van der Waals surface area (Å²) in [6.45, 7) is 2.14. The highest BCUT2D eigenvalue weighted by atomic mass is 32.2. The molecule has 1 aliphatic rings. The van der Waals surface area contributed by atoms with Gasteiger partial charge in [0.25, 0.3) is 0 Å². The molecule has 0 saturated heterocycles. The van der Waals surface area contributed by atoms with Crippen molar-refractivity contribution in [1.29, 1.82) is 0 Å². The molecule has 4 N–H and O–H groups in total. The average molecular weight is 483 g/mol. The van der Waals surface area contributed by atoms with Gasteiger partial charge in [0.15, 0.2) is 0 Å². The topological polar surface area (TPSA) is 107 Å². The molecule has 1 aliphatic carbocycles. The standard InChI is InChI=1S/C26H42O6S/c1-3-4-9-16-26(31,19-12-14-20(32-2)15-13-19)18-33-25-21(22(27)17-23(25)28)10-7-5-6-8-11-24(29)30/h12-15,21-23,25,27-28,31H,3-11,16-18H2,1-2H3,(H,29,30)/t21-,22?,23?,25+,26?/m0/s1. The van der Waals surface area contributed by atoms with Crippen molar-refractivity contribution in [3.05, 3.63) is 29.8 Å². The molecular formula is C26H42O6S. The number of benzene rings is 1. The SMILES string of the molecule is CCCCCC(O)(CS[C@H]1C(O)CC(O)[C@@H]1CCCCCCC(=O)O)c1ccc(OC)cc1. The molecule has 6 nitrogen and oxygen atoms in total. The quantitative estimate of drug-likeness (QED) is 0.252. The summed E-state index contributed by atoms with van der Waals surface area (Å²) >= 11 is 1.58. The molecule has 7 heteroatoms. The zero-order valence-electron chi connectivity index (χ0n) is 20.1. The number of unbranched alkanes of at least 4 members (excludes halogenated alkanes) is 5. The number of hydrogen-bond acceptors (Lipinski definition) is 6. The van der Waals surface area contributed by atoms with Crippen LogP contribution in [0.2, 0.25) is 0 Å². The molecule has 0 spiro atoms. The number of methoxy groups -OCH3 is 1. The fraction of sp³-hybridized carbons (Fsp3) is 0.731. The number of thioether (sulfide) groups is 1. The van der Waals surface area contributed by atoms with Gasteiger partial charge in [0.1, 0.15) is 5.75 Å². The lowest BCUT2D eigenvalue weighted by Crippen LogP contribution is -2.33. The summed E-state index contributed by atoms with van der Waals surface area (Å²) in [7, 11) is 1.62. The lowest BCUT2D eigenvalue weighted by Gasteiger charge is -2.32. The minimum atomic E-state index is -0.999. The second-order valence-electron chi connectivity index (χ2n) is 9.37. The molecule has 188 valence electrons. The molecule has 0 aliphatic heterocycles. The van der Waals surface area contributed by atoms with E-state index in [4.69, 9.17) is 9.84 Å². The van der Waals surface area contributed by atoms with Crippen LogP contribution in [0.15, 0.2) is 24.3 Å². The van der Waals surface area contributed by atoms with Crippen LogP contribution < -0.4 is 4.74 Å². The van der Waals surface area contributed by atoms with Gasteiger partial charge in [-0.25, -0.2) is 0 Å². The van der Waals surface area contributed by atoms with Gasteiger partial charge in [0, 0.05) is 23.8 Å². The van der Waals surface area contributed by atoms with E-state index in [-0.39, 0.29) is 17.6 Å². The average Bonchev–Trinajstić information content (AvgIpc) is 3.06. The molecule has 1 aromatic carbocycles. The highest BCUT2D eigenvalue weighted by Crippen LogP contribution is 2.42. The molecule has 3 unspecified atom stereocenters. The van der Waals surface area contributed by atoms with Crippen molar-refractivity contribution in [2.45, 2.75) is 101 Å². The number of carboxylic acid groups (broad SMARTS) is 1. The minimum absolute atomic E-state index is 0.0137. The van der Waals surface area contributed by atoms with E-state index in [1.807, 2.05) is 24.3 Å². The Kier molecular flexibility index (Phi) is 12.0. The molecule has 2 rings (SSSR count). The van der Waals surface area contributed by atoms with Crippen molar-refractivity contribution in [3.8, 4) is 5.75 Å². The number of aliphatic hydroxyl groups is 3. The smallest absolute Gasteiger partial charge is 0.303 e. The Hall–Kier alpha value is -1.28. The van der Waals surface area contributed by atoms with E-state index in [0.29, 0.717) is 25.0 Å². The number of rotatable bonds is 16. The highest BCUT2D eigenvalue weighted by Gasteiger charge is 2.43. The minimum Gasteiger partial charge on any atom is -0.497 e. The van der Waals surface area contributed by atoms with Gasteiger partial charge in [0.2, 0.25) is 0 Å². The lowest BCUT2D eigenvalue weighted by molar-refractivity contribution is -0.137. The number of carbonyl (C=O) groups is 1. The van der Waals surface area contributed by atoms with E-state index in [9.17, 15) is 20.1 Å². The first-order chi connectivity index (χ1) is 15.8. The van der Waals surface area contributed by atoms with Gasteiger partial charge >= 0.3 is 5.97 Å². The summed E-state index contributed by atoms with van der Waals surface area (Å²) in [5, 5.41) is 41.5. The Morgan fingerprint density at radius 2 is 1.76 bits per heavy atom. The number of aliphatic carboxylic acids is 1. The van der Waals surface area contributed by atoms with Crippen molar-refractivity contribution in [2.75, 3.05) is 12.9 Å². The fourth-order valence-electron chi connectivity index (χ4n) is 4.76. The first-order valence-electron chi connectivity index (χ1n) is 12.4.